The third kappa shape index (κ3) is 4.88. The summed E-state index contributed by atoms with van der Waals surface area (Å²) in [5.41, 5.74) is 8.32. The van der Waals surface area contributed by atoms with Crippen LogP contribution in [0.5, 0.6) is 23.0 Å². The quantitative estimate of drug-likeness (QED) is 0.369. The number of rotatable bonds is 4. The van der Waals surface area contributed by atoms with Crippen LogP contribution < -0.4 is 20.9 Å². The Kier molecular flexibility index (Phi) is 5.43. The third-order valence-corrected chi connectivity index (χ3v) is 3.86. The normalized spacial score (nSPS) is 11.9. The molecule has 0 aromatic heterocycles. The second-order valence-electron chi connectivity index (χ2n) is 6.19. The maximum atomic E-state index is 13.5. The minimum Gasteiger partial charge on any atom is -0.457 e. The molecule has 3 aromatic rings. The van der Waals surface area contributed by atoms with Crippen LogP contribution in [0.4, 0.5) is 37.7 Å². The Labute approximate surface area is 166 Å². The minimum atomic E-state index is -5.12. The Morgan fingerprint density at radius 2 is 0.967 bits per heavy atom. The van der Waals surface area contributed by atoms with Gasteiger partial charge < -0.3 is 20.9 Å². The van der Waals surface area contributed by atoms with Crippen molar-refractivity contribution in [2.45, 2.75) is 12.4 Å². The molecular formula is C20H14F6N2O2. The van der Waals surface area contributed by atoms with Gasteiger partial charge in [0.05, 0.1) is 11.1 Å². The summed E-state index contributed by atoms with van der Waals surface area (Å²) >= 11 is 0. The molecule has 0 fully saturated rings. The lowest BCUT2D eigenvalue weighted by Gasteiger charge is -2.20. The van der Waals surface area contributed by atoms with Crippen LogP contribution in [-0.4, -0.2) is 0 Å². The highest BCUT2D eigenvalue weighted by molar-refractivity contribution is 5.54. The molecule has 4 nitrogen and oxygen atoms in total. The highest BCUT2D eigenvalue weighted by Crippen LogP contribution is 2.47. The first kappa shape index (κ1) is 21.2. The number of benzene rings is 3. The van der Waals surface area contributed by atoms with E-state index in [2.05, 4.69) is 0 Å². The monoisotopic (exact) mass is 428 g/mol. The van der Waals surface area contributed by atoms with Gasteiger partial charge in [-0.15, -0.1) is 0 Å². The summed E-state index contributed by atoms with van der Waals surface area (Å²) in [4.78, 5) is 0. The fourth-order valence-electron chi connectivity index (χ4n) is 2.58. The molecule has 4 N–H and O–H groups in total. The van der Waals surface area contributed by atoms with Crippen molar-refractivity contribution in [3.63, 3.8) is 0 Å². The number of anilines is 2. The molecule has 0 bridgehead atoms. The zero-order valence-corrected chi connectivity index (χ0v) is 15.0. The Morgan fingerprint density at radius 3 is 1.30 bits per heavy atom. The maximum Gasteiger partial charge on any atom is 0.420 e. The van der Waals surface area contributed by atoms with Gasteiger partial charge in [0, 0.05) is 29.6 Å². The molecule has 0 aliphatic carbocycles. The third-order valence-electron chi connectivity index (χ3n) is 3.86. The lowest BCUT2D eigenvalue weighted by Crippen LogP contribution is -2.13. The fraction of sp³-hybridized carbons (Fsp3) is 0.100. The molecule has 30 heavy (non-hydrogen) atoms. The zero-order valence-electron chi connectivity index (χ0n) is 15.0. The second-order valence-corrected chi connectivity index (χ2v) is 6.19. The van der Waals surface area contributed by atoms with Gasteiger partial charge in [-0.3, -0.25) is 0 Å². The van der Waals surface area contributed by atoms with Crippen LogP contribution >= 0.6 is 0 Å². The Hall–Kier alpha value is -3.56. The van der Waals surface area contributed by atoms with E-state index in [1.807, 2.05) is 0 Å². The predicted molar refractivity (Wildman–Crippen MR) is 98.3 cm³/mol. The van der Waals surface area contributed by atoms with Crippen molar-refractivity contribution in [3.05, 3.63) is 71.8 Å². The fourth-order valence-corrected chi connectivity index (χ4v) is 2.58. The van der Waals surface area contributed by atoms with Crippen molar-refractivity contribution < 1.29 is 35.8 Å². The predicted octanol–water partition coefficient (Wildman–Crippen LogP) is 6.47. The summed E-state index contributed by atoms with van der Waals surface area (Å²) in [7, 11) is 0. The molecule has 3 rings (SSSR count). The standard InChI is InChI=1S/C20H14F6N2O2/c21-19(22,23)15-9-16(20(24,25)26)18(30-14-6-2-4-12(28)8-14)10-17(15)29-13-5-1-3-11(27)7-13/h1-10H,27-28H2. The number of halogens is 6. The lowest BCUT2D eigenvalue weighted by atomic mass is 10.1. The largest absolute Gasteiger partial charge is 0.457 e. The van der Waals surface area contributed by atoms with Crippen molar-refractivity contribution in [1.82, 2.24) is 0 Å². The van der Waals surface area contributed by atoms with Crippen LogP contribution in [0.3, 0.4) is 0 Å². The molecule has 0 amide bonds. The van der Waals surface area contributed by atoms with Crippen LogP contribution in [-0.2, 0) is 12.4 Å². The first-order valence-electron chi connectivity index (χ1n) is 8.33. The van der Waals surface area contributed by atoms with E-state index in [0.29, 0.717) is 6.07 Å². The highest BCUT2D eigenvalue weighted by Gasteiger charge is 2.42. The van der Waals surface area contributed by atoms with Crippen LogP contribution in [0.25, 0.3) is 0 Å². The molecule has 0 aliphatic heterocycles. The van der Waals surface area contributed by atoms with Gasteiger partial charge in [0.15, 0.2) is 0 Å². The molecule has 158 valence electrons. The average molecular weight is 428 g/mol. The molecule has 0 heterocycles. The summed E-state index contributed by atoms with van der Waals surface area (Å²) in [6.07, 6.45) is -10.2. The molecule has 0 aliphatic rings. The number of hydrogen-bond donors (Lipinski definition) is 2. The van der Waals surface area contributed by atoms with Crippen molar-refractivity contribution in [2.75, 3.05) is 11.5 Å². The Balaban J connectivity index is 2.16. The van der Waals surface area contributed by atoms with E-state index in [1.54, 1.807) is 0 Å². The summed E-state index contributed by atoms with van der Waals surface area (Å²) < 4.78 is 91.3. The van der Waals surface area contributed by atoms with Gasteiger partial charge in [-0.2, -0.15) is 26.3 Å². The lowest BCUT2D eigenvalue weighted by molar-refractivity contribution is -0.144. The van der Waals surface area contributed by atoms with E-state index in [0.717, 1.165) is 0 Å². The van der Waals surface area contributed by atoms with E-state index < -0.39 is 35.0 Å². The van der Waals surface area contributed by atoms with Gasteiger partial charge in [-0.1, -0.05) is 12.1 Å². The van der Waals surface area contributed by atoms with Crippen LogP contribution in [0.1, 0.15) is 11.1 Å². The van der Waals surface area contributed by atoms with Crippen molar-refractivity contribution in [1.29, 1.82) is 0 Å². The van der Waals surface area contributed by atoms with Crippen molar-refractivity contribution in [2.24, 2.45) is 0 Å². The van der Waals surface area contributed by atoms with E-state index in [4.69, 9.17) is 20.9 Å². The van der Waals surface area contributed by atoms with E-state index in [-0.39, 0.29) is 28.9 Å². The number of alkyl halides is 6. The summed E-state index contributed by atoms with van der Waals surface area (Å²) in [6.45, 7) is 0. The number of nitrogen functional groups attached to an aromatic ring is 2. The van der Waals surface area contributed by atoms with Crippen molar-refractivity contribution in [3.8, 4) is 23.0 Å². The maximum absolute atomic E-state index is 13.5. The van der Waals surface area contributed by atoms with Crippen LogP contribution in [0.2, 0.25) is 0 Å². The zero-order chi connectivity index (χ0) is 22.1. The number of nitrogens with two attached hydrogens (primary N) is 2. The number of ether oxygens (including phenoxy) is 2. The molecule has 0 spiro atoms. The Bertz CT molecular complexity index is 983. The molecule has 0 saturated carbocycles. The summed E-state index contributed by atoms with van der Waals surface area (Å²) in [6, 6.07) is 11.4. The van der Waals surface area contributed by atoms with E-state index in [9.17, 15) is 26.3 Å². The first-order chi connectivity index (χ1) is 13.9. The van der Waals surface area contributed by atoms with Gasteiger partial charge in [0.1, 0.15) is 23.0 Å². The Morgan fingerprint density at radius 1 is 0.567 bits per heavy atom. The van der Waals surface area contributed by atoms with Gasteiger partial charge in [0.2, 0.25) is 0 Å². The second kappa shape index (κ2) is 7.69. The molecule has 0 unspecified atom stereocenters. The van der Waals surface area contributed by atoms with Crippen molar-refractivity contribution >= 4 is 11.4 Å². The molecule has 0 saturated heterocycles. The molecular weight excluding hydrogens is 414 g/mol. The van der Waals surface area contributed by atoms with Gasteiger partial charge >= 0.3 is 12.4 Å². The first-order valence-corrected chi connectivity index (χ1v) is 8.33. The molecule has 0 atom stereocenters. The minimum absolute atomic E-state index is 0.0523. The van der Waals surface area contributed by atoms with Gasteiger partial charge in [-0.05, 0) is 30.3 Å². The van der Waals surface area contributed by atoms with Gasteiger partial charge in [0.25, 0.3) is 0 Å². The van der Waals surface area contributed by atoms with Crippen LogP contribution in [0.15, 0.2) is 60.7 Å². The topological polar surface area (TPSA) is 70.5 Å². The molecule has 3 aromatic carbocycles. The highest BCUT2D eigenvalue weighted by atomic mass is 19.4. The summed E-state index contributed by atoms with van der Waals surface area (Å²) in [5.74, 6) is -1.93. The smallest absolute Gasteiger partial charge is 0.420 e. The van der Waals surface area contributed by atoms with E-state index in [1.165, 1.54) is 48.5 Å². The SMILES string of the molecule is Nc1cccc(Oc2cc(Oc3cccc(N)c3)c(C(F)(F)F)cc2C(F)(F)F)c1. The average Bonchev–Trinajstić information content (AvgIpc) is 2.60. The van der Waals surface area contributed by atoms with Crippen LogP contribution in [0, 0.1) is 0 Å². The number of hydrogen-bond acceptors (Lipinski definition) is 4. The van der Waals surface area contributed by atoms with Gasteiger partial charge in [-0.25, -0.2) is 0 Å². The molecule has 10 heteroatoms. The summed E-state index contributed by atoms with van der Waals surface area (Å²) in [5, 5.41) is 0. The molecule has 0 radical (unpaired) electrons. The van der Waals surface area contributed by atoms with E-state index >= 15 is 0 Å².